The Morgan fingerprint density at radius 2 is 0.696 bits per heavy atom. The standard InChI is InChI=1S/C67H48N2/c1-6-22-49(23-7-1)50-40-42-57(43-41-50)68(59-35-21-33-56(47-59)67(53-27-10-3-11-28-53,54-29-12-4-13-30-54)55-31-14-5-15-32-55)60-44-45-61(64(48-60)51-24-8-2-9-25-51)52-26-20-34-58(46-52)69-65-38-18-16-36-62(65)63-37-17-19-39-66(63)69/h1-48H. The Hall–Kier alpha value is -8.98. The van der Waals surface area contributed by atoms with Gasteiger partial charge in [-0.25, -0.2) is 0 Å². The van der Waals surface area contributed by atoms with Crippen LogP contribution in [0, 0.1) is 0 Å². The van der Waals surface area contributed by atoms with Gasteiger partial charge in [-0.2, -0.15) is 0 Å². The van der Waals surface area contributed by atoms with Crippen LogP contribution in [0.4, 0.5) is 17.1 Å². The predicted molar refractivity (Wildman–Crippen MR) is 290 cm³/mol. The maximum Gasteiger partial charge on any atom is 0.0702 e. The Kier molecular flexibility index (Phi) is 10.8. The molecule has 0 radical (unpaired) electrons. The maximum atomic E-state index is 2.43. The van der Waals surface area contributed by atoms with Crippen molar-refractivity contribution in [2.24, 2.45) is 0 Å². The van der Waals surface area contributed by atoms with Gasteiger partial charge in [0.25, 0.3) is 0 Å². The van der Waals surface area contributed by atoms with Crippen molar-refractivity contribution in [3.63, 3.8) is 0 Å². The normalized spacial score (nSPS) is 11.5. The molecule has 11 aromatic carbocycles. The van der Waals surface area contributed by atoms with Crippen molar-refractivity contribution >= 4 is 38.9 Å². The minimum Gasteiger partial charge on any atom is -0.310 e. The lowest BCUT2D eigenvalue weighted by molar-refractivity contribution is 0.745. The minimum absolute atomic E-state index is 0.608. The van der Waals surface area contributed by atoms with E-state index < -0.39 is 5.41 Å². The fourth-order valence-electron chi connectivity index (χ4n) is 10.6. The lowest BCUT2D eigenvalue weighted by Gasteiger charge is -2.37. The van der Waals surface area contributed by atoms with Gasteiger partial charge < -0.3 is 9.47 Å². The van der Waals surface area contributed by atoms with Crippen LogP contribution in [0.3, 0.4) is 0 Å². The number of hydrogen-bond donors (Lipinski definition) is 0. The lowest BCUT2D eigenvalue weighted by atomic mass is 9.65. The molecule has 0 saturated heterocycles. The smallest absolute Gasteiger partial charge is 0.0702 e. The van der Waals surface area contributed by atoms with Crippen molar-refractivity contribution in [2.75, 3.05) is 4.90 Å². The van der Waals surface area contributed by atoms with Crippen LogP contribution < -0.4 is 4.90 Å². The zero-order valence-electron chi connectivity index (χ0n) is 38.1. The molecule has 1 heterocycles. The SMILES string of the molecule is c1ccc(-c2ccc(N(c3cccc(C(c4ccccc4)(c4ccccc4)c4ccccc4)c3)c3ccc(-c4cccc(-n5c6ccccc6c6ccccc65)c4)c(-c4ccccc4)c3)cc2)cc1. The minimum atomic E-state index is -0.608. The summed E-state index contributed by atoms with van der Waals surface area (Å²) < 4.78 is 2.40. The molecule has 0 aliphatic carbocycles. The van der Waals surface area contributed by atoms with Gasteiger partial charge in [-0.15, -0.1) is 0 Å². The van der Waals surface area contributed by atoms with E-state index in [1.165, 1.54) is 55.2 Å². The molecule has 0 fully saturated rings. The average Bonchev–Trinajstić information content (AvgIpc) is 3.77. The van der Waals surface area contributed by atoms with Crippen molar-refractivity contribution in [3.8, 4) is 39.1 Å². The Balaban J connectivity index is 1.06. The molecule has 0 aliphatic rings. The number of aromatic nitrogens is 1. The molecular weight excluding hydrogens is 833 g/mol. The molecule has 0 aliphatic heterocycles. The summed E-state index contributed by atoms with van der Waals surface area (Å²) in [6.07, 6.45) is 0. The molecule has 12 rings (SSSR count). The van der Waals surface area contributed by atoms with Crippen molar-refractivity contribution in [2.45, 2.75) is 5.41 Å². The first-order chi connectivity index (χ1) is 34.2. The molecule has 0 saturated carbocycles. The molecule has 326 valence electrons. The first-order valence-electron chi connectivity index (χ1n) is 23.8. The number of benzene rings is 11. The highest BCUT2D eigenvalue weighted by Crippen LogP contribution is 2.48. The van der Waals surface area contributed by atoms with Crippen LogP contribution in [0.2, 0.25) is 0 Å². The topological polar surface area (TPSA) is 8.17 Å². The van der Waals surface area contributed by atoms with Crippen molar-refractivity contribution in [1.29, 1.82) is 0 Å². The Labute approximate surface area is 404 Å². The lowest BCUT2D eigenvalue weighted by Crippen LogP contribution is -2.31. The van der Waals surface area contributed by atoms with Gasteiger partial charge in [-0.1, -0.05) is 231 Å². The van der Waals surface area contributed by atoms with Gasteiger partial charge in [-0.05, 0) is 116 Å². The second-order valence-electron chi connectivity index (χ2n) is 17.7. The Morgan fingerprint density at radius 3 is 1.28 bits per heavy atom. The number of anilines is 3. The van der Waals surface area contributed by atoms with Crippen molar-refractivity contribution in [1.82, 2.24) is 4.57 Å². The van der Waals surface area contributed by atoms with Crippen LogP contribution in [-0.2, 0) is 5.41 Å². The highest BCUT2D eigenvalue weighted by atomic mass is 15.1. The Morgan fingerprint density at radius 1 is 0.261 bits per heavy atom. The maximum absolute atomic E-state index is 2.43. The van der Waals surface area contributed by atoms with Gasteiger partial charge in [0.05, 0.1) is 16.4 Å². The number of fused-ring (bicyclic) bond motifs is 3. The zero-order chi connectivity index (χ0) is 46.0. The van der Waals surface area contributed by atoms with Crippen LogP contribution in [0.25, 0.3) is 60.9 Å². The molecule has 0 N–H and O–H groups in total. The Bertz CT molecular complexity index is 3540. The van der Waals surface area contributed by atoms with E-state index in [1.54, 1.807) is 0 Å². The molecule has 2 nitrogen and oxygen atoms in total. The van der Waals surface area contributed by atoms with E-state index in [9.17, 15) is 0 Å². The second kappa shape index (κ2) is 18.0. The molecule has 1 aromatic heterocycles. The molecule has 12 aromatic rings. The summed E-state index contributed by atoms with van der Waals surface area (Å²) in [5.41, 5.74) is 17.9. The molecule has 0 bridgehead atoms. The monoisotopic (exact) mass is 880 g/mol. The summed E-state index contributed by atoms with van der Waals surface area (Å²) in [5.74, 6) is 0. The molecule has 0 amide bonds. The molecule has 2 heteroatoms. The van der Waals surface area contributed by atoms with Gasteiger partial charge in [0.15, 0.2) is 0 Å². The van der Waals surface area contributed by atoms with Crippen molar-refractivity contribution in [3.05, 3.63) is 313 Å². The highest BCUT2D eigenvalue weighted by Gasteiger charge is 2.38. The number of rotatable bonds is 11. The predicted octanol–water partition coefficient (Wildman–Crippen LogP) is 17.6. The summed E-state index contributed by atoms with van der Waals surface area (Å²) in [4.78, 5) is 2.43. The van der Waals surface area contributed by atoms with E-state index >= 15 is 0 Å². The third kappa shape index (κ3) is 7.49. The number of para-hydroxylation sites is 2. The highest BCUT2D eigenvalue weighted by molar-refractivity contribution is 6.09. The molecule has 0 spiro atoms. The summed E-state index contributed by atoms with van der Waals surface area (Å²) in [5, 5.41) is 2.50. The van der Waals surface area contributed by atoms with Crippen LogP contribution >= 0.6 is 0 Å². The van der Waals surface area contributed by atoms with Crippen molar-refractivity contribution < 1.29 is 0 Å². The average molecular weight is 881 g/mol. The fraction of sp³-hybridized carbons (Fsp3) is 0.0149. The third-order valence-corrected chi connectivity index (χ3v) is 13.7. The molecule has 0 atom stereocenters. The van der Waals surface area contributed by atoms with Crippen LogP contribution in [-0.4, -0.2) is 4.57 Å². The van der Waals surface area contributed by atoms with E-state index in [0.29, 0.717) is 0 Å². The first kappa shape index (κ1) is 41.5. The van der Waals surface area contributed by atoms with E-state index in [4.69, 9.17) is 0 Å². The van der Waals surface area contributed by atoms with E-state index in [2.05, 4.69) is 301 Å². The molecular formula is C67H48N2. The van der Waals surface area contributed by atoms with Crippen LogP contribution in [0.15, 0.2) is 291 Å². The summed E-state index contributed by atoms with van der Waals surface area (Å²) >= 11 is 0. The molecule has 69 heavy (non-hydrogen) atoms. The van der Waals surface area contributed by atoms with Gasteiger partial charge >= 0.3 is 0 Å². The quantitative estimate of drug-likeness (QED) is 0.118. The summed E-state index contributed by atoms with van der Waals surface area (Å²) in [6, 6.07) is 106. The van der Waals surface area contributed by atoms with Crippen LogP contribution in [0.5, 0.6) is 0 Å². The van der Waals surface area contributed by atoms with E-state index in [1.807, 2.05) is 0 Å². The van der Waals surface area contributed by atoms with E-state index in [-0.39, 0.29) is 0 Å². The third-order valence-electron chi connectivity index (χ3n) is 13.7. The largest absolute Gasteiger partial charge is 0.310 e. The van der Waals surface area contributed by atoms with Gasteiger partial charge in [0.1, 0.15) is 0 Å². The first-order valence-corrected chi connectivity index (χ1v) is 23.8. The fourth-order valence-corrected chi connectivity index (χ4v) is 10.6. The number of hydrogen-bond acceptors (Lipinski definition) is 1. The van der Waals surface area contributed by atoms with E-state index in [0.717, 1.165) is 45.0 Å². The second-order valence-corrected chi connectivity index (χ2v) is 17.7. The van der Waals surface area contributed by atoms with Gasteiger partial charge in [-0.3, -0.25) is 0 Å². The van der Waals surface area contributed by atoms with Gasteiger partial charge in [0.2, 0.25) is 0 Å². The molecule has 0 unspecified atom stereocenters. The zero-order valence-corrected chi connectivity index (χ0v) is 38.1. The summed E-state index contributed by atoms with van der Waals surface area (Å²) in [7, 11) is 0. The summed E-state index contributed by atoms with van der Waals surface area (Å²) in [6.45, 7) is 0. The van der Waals surface area contributed by atoms with Crippen LogP contribution in [0.1, 0.15) is 22.3 Å². The van der Waals surface area contributed by atoms with Gasteiger partial charge in [0, 0.05) is 33.5 Å². The number of nitrogens with zero attached hydrogens (tertiary/aromatic N) is 2.